The Labute approximate surface area is 296 Å². The molecule has 2 aliphatic heterocycles. The van der Waals surface area contributed by atoms with Crippen molar-refractivity contribution in [1.82, 2.24) is 9.96 Å². The number of hydroxylamine groups is 2. The van der Waals surface area contributed by atoms with Gasteiger partial charge in [0.15, 0.2) is 0 Å². The molecular weight excluding hydrogens is 652 g/mol. The molecule has 2 aliphatic carbocycles. The Morgan fingerprint density at radius 3 is 2.43 bits per heavy atom. The summed E-state index contributed by atoms with van der Waals surface area (Å²) >= 11 is 0. The zero-order valence-corrected chi connectivity index (χ0v) is 29.8. The number of anilines is 1. The number of carboxylic acids is 1. The molecule has 0 radical (unpaired) electrons. The number of hydrogen-bond donors (Lipinski definition) is 2. The maximum Gasteiger partial charge on any atom is 0.336 e. The number of likely N-dealkylation sites (N-methyl/N-ethyl adjacent to an activating group) is 1. The molecule has 1 aromatic rings. The van der Waals surface area contributed by atoms with E-state index in [1.807, 2.05) is 52.0 Å². The molecule has 0 saturated carbocycles. The average Bonchev–Trinajstić information content (AvgIpc) is 3.26. The summed E-state index contributed by atoms with van der Waals surface area (Å²) < 4.78 is 6.46. The molecule has 268 valence electrons. The van der Waals surface area contributed by atoms with E-state index in [1.165, 1.54) is 0 Å². The number of carbonyl (C=O) groups is 5. The van der Waals surface area contributed by atoms with E-state index < -0.39 is 23.8 Å². The molecule has 0 spiro atoms. The fourth-order valence-electron chi connectivity index (χ4n) is 6.39. The Morgan fingerprint density at radius 1 is 1.00 bits per heavy atom. The van der Waals surface area contributed by atoms with E-state index in [-0.39, 0.29) is 37.2 Å². The van der Waals surface area contributed by atoms with Crippen molar-refractivity contribution in [3.8, 4) is 11.3 Å². The zero-order valence-electron chi connectivity index (χ0n) is 29.8. The van der Waals surface area contributed by atoms with E-state index >= 15 is 0 Å². The summed E-state index contributed by atoms with van der Waals surface area (Å²) in [4.78, 5) is 72.9. The fourth-order valence-corrected chi connectivity index (χ4v) is 6.39. The monoisotopic (exact) mass is 696 g/mol. The normalized spacial score (nSPS) is 15.1. The minimum atomic E-state index is -1.11. The van der Waals surface area contributed by atoms with E-state index in [9.17, 15) is 29.1 Å². The van der Waals surface area contributed by atoms with Gasteiger partial charge in [0.2, 0.25) is 5.91 Å². The number of amides is 3. The SMILES string of the molecule is CCN=c1cc2oc3cc(NCC)c(C)cc3c(C3=CC=C(C(=O)N(C)CCCCCC(=O)ON4C(=O)CCC4=O)CC=C3C(=O)O)c-2cc1C. The van der Waals surface area contributed by atoms with Gasteiger partial charge in [-0.1, -0.05) is 24.6 Å². The first kappa shape index (κ1) is 36.8. The number of nitrogens with one attached hydrogen (secondary N) is 1. The highest BCUT2D eigenvalue weighted by Gasteiger charge is 2.32. The van der Waals surface area contributed by atoms with Crippen LogP contribution in [0.1, 0.15) is 75.5 Å². The van der Waals surface area contributed by atoms with Crippen molar-refractivity contribution in [2.45, 2.75) is 72.6 Å². The van der Waals surface area contributed by atoms with Gasteiger partial charge in [0, 0.05) is 85.9 Å². The molecule has 4 aliphatic rings. The number of fused-ring (bicyclic) bond motifs is 2. The van der Waals surface area contributed by atoms with Crippen molar-refractivity contribution in [2.24, 2.45) is 4.99 Å². The lowest BCUT2D eigenvalue weighted by Gasteiger charge is -2.20. The third kappa shape index (κ3) is 8.11. The first-order valence-corrected chi connectivity index (χ1v) is 17.4. The molecule has 0 atom stereocenters. The second kappa shape index (κ2) is 16.0. The van der Waals surface area contributed by atoms with Gasteiger partial charge in [-0.05, 0) is 75.8 Å². The van der Waals surface area contributed by atoms with Gasteiger partial charge in [-0.3, -0.25) is 19.4 Å². The minimum absolute atomic E-state index is 0.0382. The van der Waals surface area contributed by atoms with E-state index in [0.717, 1.165) is 39.7 Å². The summed E-state index contributed by atoms with van der Waals surface area (Å²) in [6.07, 6.45) is 6.93. The molecule has 51 heavy (non-hydrogen) atoms. The topological polar surface area (TPSA) is 159 Å². The van der Waals surface area contributed by atoms with Crippen LogP contribution >= 0.6 is 0 Å². The van der Waals surface area contributed by atoms with Crippen LogP contribution in [0, 0.1) is 13.8 Å². The number of aliphatic carboxylic acids is 1. The average molecular weight is 697 g/mol. The number of benzene rings is 2. The van der Waals surface area contributed by atoms with Crippen LogP contribution in [-0.2, 0) is 28.8 Å². The molecule has 0 unspecified atom stereocenters. The minimum Gasteiger partial charge on any atom is -0.478 e. The lowest BCUT2D eigenvalue weighted by Crippen LogP contribution is -2.32. The molecule has 3 amide bonds. The van der Waals surface area contributed by atoms with Crippen LogP contribution in [0.3, 0.4) is 0 Å². The molecule has 0 bridgehead atoms. The summed E-state index contributed by atoms with van der Waals surface area (Å²) in [5.41, 5.74) is 5.85. The molecule has 1 saturated heterocycles. The van der Waals surface area contributed by atoms with Crippen molar-refractivity contribution < 1.29 is 38.3 Å². The number of carbonyl (C=O) groups excluding carboxylic acids is 4. The number of carboxylic acid groups (broad SMARTS) is 1. The Kier molecular flexibility index (Phi) is 11.5. The summed E-state index contributed by atoms with van der Waals surface area (Å²) in [5.74, 6) is -2.45. The lowest BCUT2D eigenvalue weighted by atomic mass is 9.87. The van der Waals surface area contributed by atoms with E-state index in [2.05, 4.69) is 10.3 Å². The first-order chi connectivity index (χ1) is 24.4. The van der Waals surface area contributed by atoms with Crippen molar-refractivity contribution >= 4 is 51.9 Å². The van der Waals surface area contributed by atoms with Gasteiger partial charge in [-0.2, -0.15) is 0 Å². The number of unbranched alkanes of at least 4 members (excludes halogenated alkanes) is 2. The van der Waals surface area contributed by atoms with Gasteiger partial charge in [0.1, 0.15) is 11.3 Å². The van der Waals surface area contributed by atoms with E-state index in [0.29, 0.717) is 65.5 Å². The van der Waals surface area contributed by atoms with Gasteiger partial charge in [-0.15, -0.1) is 5.06 Å². The second-order valence-electron chi connectivity index (χ2n) is 12.8. The predicted octanol–water partition coefficient (Wildman–Crippen LogP) is 5.86. The molecular formula is C39H44N4O8. The number of imide groups is 1. The molecule has 1 aromatic carbocycles. The van der Waals surface area contributed by atoms with Crippen LogP contribution in [0.15, 0.2) is 63.0 Å². The standard InChI is InChI=1S/C39H44N4O8/c1-6-40-30-21-32-28(19-23(30)3)37(29-20-24(4)31(41-7-2)22-33(29)50-32)26-14-12-25(13-15-27(26)39(48)49)38(47)42(5)18-10-8-9-11-36(46)51-43-34(44)16-17-35(43)45/h12,14-15,19-22,40H,6-11,13,16-18H2,1-5H3,(H,48,49). The number of allylic oxidation sites excluding steroid dienone is 3. The highest BCUT2D eigenvalue weighted by atomic mass is 16.7. The number of hydrogen-bond acceptors (Lipinski definition) is 9. The van der Waals surface area contributed by atoms with Crippen molar-refractivity contribution in [3.63, 3.8) is 0 Å². The van der Waals surface area contributed by atoms with Crippen LogP contribution in [0.5, 0.6) is 0 Å². The number of aryl methyl sites for hydroxylation is 2. The zero-order chi connectivity index (χ0) is 36.8. The fraction of sp³-hybridized carbons (Fsp3) is 0.385. The molecule has 2 N–H and O–H groups in total. The van der Waals surface area contributed by atoms with Gasteiger partial charge < -0.3 is 24.6 Å². The Hall–Kier alpha value is -5.52. The molecule has 12 heteroatoms. The van der Waals surface area contributed by atoms with Crippen LogP contribution < -0.4 is 10.7 Å². The quantitative estimate of drug-likeness (QED) is 0.127. The Balaban J connectivity index is 1.41. The second-order valence-corrected chi connectivity index (χ2v) is 12.8. The smallest absolute Gasteiger partial charge is 0.336 e. The summed E-state index contributed by atoms with van der Waals surface area (Å²) in [5, 5.41) is 15.9. The van der Waals surface area contributed by atoms with Gasteiger partial charge in [0.05, 0.1) is 10.9 Å². The van der Waals surface area contributed by atoms with Crippen LogP contribution in [0.2, 0.25) is 0 Å². The summed E-state index contributed by atoms with van der Waals surface area (Å²) in [7, 11) is 1.69. The highest BCUT2D eigenvalue weighted by molar-refractivity contribution is 6.13. The Bertz CT molecular complexity index is 2020. The predicted molar refractivity (Wildman–Crippen MR) is 192 cm³/mol. The van der Waals surface area contributed by atoms with Gasteiger partial charge >= 0.3 is 11.9 Å². The molecule has 2 heterocycles. The van der Waals surface area contributed by atoms with E-state index in [1.54, 1.807) is 30.2 Å². The molecule has 0 aromatic heterocycles. The molecule has 5 rings (SSSR count). The molecule has 1 fully saturated rings. The third-order valence-corrected chi connectivity index (χ3v) is 9.04. The van der Waals surface area contributed by atoms with Gasteiger partial charge in [-0.25, -0.2) is 9.59 Å². The van der Waals surface area contributed by atoms with Crippen LogP contribution in [0.25, 0.3) is 27.9 Å². The van der Waals surface area contributed by atoms with E-state index in [4.69, 9.17) is 9.25 Å². The lowest BCUT2D eigenvalue weighted by molar-refractivity contribution is -0.197. The maximum absolute atomic E-state index is 13.6. The van der Waals surface area contributed by atoms with Crippen molar-refractivity contribution in [1.29, 1.82) is 0 Å². The third-order valence-electron chi connectivity index (χ3n) is 9.04. The van der Waals surface area contributed by atoms with Crippen molar-refractivity contribution in [2.75, 3.05) is 32.0 Å². The van der Waals surface area contributed by atoms with Crippen LogP contribution in [-0.4, -0.2) is 71.4 Å². The summed E-state index contributed by atoms with van der Waals surface area (Å²) in [6.45, 7) is 9.67. The van der Waals surface area contributed by atoms with Gasteiger partial charge in [0.25, 0.3) is 11.8 Å². The number of rotatable bonds is 13. The summed E-state index contributed by atoms with van der Waals surface area (Å²) in [6, 6.07) is 7.82. The Morgan fingerprint density at radius 2 is 1.75 bits per heavy atom. The molecule has 12 nitrogen and oxygen atoms in total. The largest absolute Gasteiger partial charge is 0.478 e. The highest BCUT2D eigenvalue weighted by Crippen LogP contribution is 2.42. The first-order valence-electron chi connectivity index (χ1n) is 17.4. The number of nitrogens with zero attached hydrogens (tertiary/aromatic N) is 3. The maximum atomic E-state index is 13.6. The van der Waals surface area contributed by atoms with Crippen LogP contribution in [0.4, 0.5) is 5.69 Å². The van der Waals surface area contributed by atoms with Crippen molar-refractivity contribution in [3.05, 3.63) is 75.7 Å².